The number of aromatic hydroxyl groups is 1. The van der Waals surface area contributed by atoms with Gasteiger partial charge < -0.3 is 14.9 Å². The smallest absolute Gasteiger partial charge is 0.151 e. The van der Waals surface area contributed by atoms with Gasteiger partial charge in [0.15, 0.2) is 5.82 Å². The van der Waals surface area contributed by atoms with Crippen LogP contribution in [0.25, 0.3) is 11.3 Å². The average Bonchev–Trinajstić information content (AvgIpc) is 3.05. The molecule has 112 valence electrons. The second kappa shape index (κ2) is 5.02. The van der Waals surface area contributed by atoms with Gasteiger partial charge in [-0.15, -0.1) is 10.2 Å². The number of hydrogen-bond donors (Lipinski definition) is 1. The molecule has 2 aliphatic heterocycles. The molecule has 22 heavy (non-hydrogen) atoms. The fourth-order valence-electron chi connectivity index (χ4n) is 3.26. The SMILES string of the molecule is CN1C=C2CN(c3ccc(-c4ccc(O)cc4)nn3)CC2C1. The van der Waals surface area contributed by atoms with Crippen LogP contribution in [-0.2, 0) is 0 Å². The Morgan fingerprint density at radius 3 is 2.55 bits per heavy atom. The van der Waals surface area contributed by atoms with E-state index in [0.29, 0.717) is 5.92 Å². The highest BCUT2D eigenvalue weighted by Gasteiger charge is 2.32. The highest BCUT2D eigenvalue weighted by atomic mass is 16.3. The number of rotatable bonds is 2. The Morgan fingerprint density at radius 1 is 1.05 bits per heavy atom. The van der Waals surface area contributed by atoms with Gasteiger partial charge in [0.25, 0.3) is 0 Å². The predicted molar refractivity (Wildman–Crippen MR) is 85.5 cm³/mol. The number of hydrogen-bond acceptors (Lipinski definition) is 5. The number of anilines is 1. The Balaban J connectivity index is 1.53. The number of aromatic nitrogens is 2. The van der Waals surface area contributed by atoms with Crippen LogP contribution in [0.15, 0.2) is 48.2 Å². The van der Waals surface area contributed by atoms with Gasteiger partial charge in [0.2, 0.25) is 0 Å². The molecule has 0 saturated carbocycles. The lowest BCUT2D eigenvalue weighted by Crippen LogP contribution is -2.25. The molecule has 0 aliphatic carbocycles. The van der Waals surface area contributed by atoms with Crippen molar-refractivity contribution in [1.82, 2.24) is 15.1 Å². The van der Waals surface area contributed by atoms with Gasteiger partial charge in [0, 0.05) is 44.4 Å². The van der Waals surface area contributed by atoms with Crippen molar-refractivity contribution in [2.45, 2.75) is 0 Å². The van der Waals surface area contributed by atoms with E-state index >= 15 is 0 Å². The first kappa shape index (κ1) is 13.1. The molecule has 1 saturated heterocycles. The first-order valence-corrected chi connectivity index (χ1v) is 7.48. The first-order chi connectivity index (χ1) is 10.7. The van der Waals surface area contributed by atoms with Gasteiger partial charge in [0.1, 0.15) is 5.75 Å². The Labute approximate surface area is 129 Å². The van der Waals surface area contributed by atoms with Crippen LogP contribution in [0.2, 0.25) is 0 Å². The molecule has 0 amide bonds. The predicted octanol–water partition coefficient (Wildman–Crippen LogP) is 2.11. The molecule has 2 aliphatic rings. The minimum absolute atomic E-state index is 0.259. The van der Waals surface area contributed by atoms with E-state index in [1.807, 2.05) is 24.3 Å². The number of fused-ring (bicyclic) bond motifs is 1. The molecular formula is C17H18N4O. The number of benzene rings is 1. The zero-order valence-corrected chi connectivity index (χ0v) is 12.5. The number of phenols is 1. The summed E-state index contributed by atoms with van der Waals surface area (Å²) in [5, 5.41) is 18.0. The minimum Gasteiger partial charge on any atom is -0.508 e. The third kappa shape index (κ3) is 2.28. The average molecular weight is 294 g/mol. The molecule has 0 spiro atoms. The quantitative estimate of drug-likeness (QED) is 0.919. The van der Waals surface area contributed by atoms with Crippen molar-refractivity contribution in [3.05, 3.63) is 48.2 Å². The monoisotopic (exact) mass is 294 g/mol. The van der Waals surface area contributed by atoms with Gasteiger partial charge in [0.05, 0.1) is 5.69 Å². The number of phenolic OH excluding ortho intramolecular Hbond substituents is 1. The second-order valence-corrected chi connectivity index (χ2v) is 6.04. The largest absolute Gasteiger partial charge is 0.508 e. The Kier molecular flexibility index (Phi) is 2.99. The van der Waals surface area contributed by atoms with Crippen molar-refractivity contribution in [2.75, 3.05) is 31.6 Å². The normalized spacial score (nSPS) is 20.2. The lowest BCUT2D eigenvalue weighted by molar-refractivity contribution is 0.442. The summed E-state index contributed by atoms with van der Waals surface area (Å²) in [5.74, 6) is 1.82. The summed E-state index contributed by atoms with van der Waals surface area (Å²) in [7, 11) is 2.13. The maximum atomic E-state index is 9.34. The highest BCUT2D eigenvalue weighted by Crippen LogP contribution is 2.31. The Hall–Kier alpha value is -2.56. The molecule has 1 atom stereocenters. The van der Waals surface area contributed by atoms with Gasteiger partial charge in [-0.2, -0.15) is 0 Å². The fraction of sp³-hybridized carbons (Fsp3) is 0.294. The van der Waals surface area contributed by atoms with Crippen LogP contribution in [-0.4, -0.2) is 46.9 Å². The summed E-state index contributed by atoms with van der Waals surface area (Å²) < 4.78 is 0. The van der Waals surface area contributed by atoms with Gasteiger partial charge in [-0.25, -0.2) is 0 Å². The summed E-state index contributed by atoms with van der Waals surface area (Å²) in [6, 6.07) is 11.0. The standard InChI is InChI=1S/C17H18N4O/c1-20-8-13-10-21(11-14(13)9-20)17-7-6-16(18-19-17)12-2-4-15(22)5-3-12/h2-8,14,22H,9-11H2,1H3. The molecule has 0 bridgehead atoms. The van der Waals surface area contributed by atoms with Crippen LogP contribution in [0.4, 0.5) is 5.82 Å². The van der Waals surface area contributed by atoms with Crippen molar-refractivity contribution in [1.29, 1.82) is 0 Å². The van der Waals surface area contributed by atoms with E-state index in [1.165, 1.54) is 5.57 Å². The summed E-state index contributed by atoms with van der Waals surface area (Å²) in [6.45, 7) is 3.07. The van der Waals surface area contributed by atoms with Crippen molar-refractivity contribution >= 4 is 5.82 Å². The van der Waals surface area contributed by atoms with Crippen molar-refractivity contribution in [3.63, 3.8) is 0 Å². The topological polar surface area (TPSA) is 52.5 Å². The van der Waals surface area contributed by atoms with Crippen LogP contribution >= 0.6 is 0 Å². The lowest BCUT2D eigenvalue weighted by atomic mass is 10.1. The van der Waals surface area contributed by atoms with Gasteiger partial charge in [-0.3, -0.25) is 0 Å². The molecule has 1 aromatic heterocycles. The van der Waals surface area contributed by atoms with E-state index in [9.17, 15) is 5.11 Å². The zero-order valence-electron chi connectivity index (χ0n) is 12.5. The van der Waals surface area contributed by atoms with Crippen LogP contribution in [0.3, 0.4) is 0 Å². The molecule has 1 fully saturated rings. The fourth-order valence-corrected chi connectivity index (χ4v) is 3.26. The highest BCUT2D eigenvalue weighted by molar-refractivity contribution is 5.61. The van der Waals surface area contributed by atoms with Gasteiger partial charge in [-0.05, 0) is 42.0 Å². The van der Waals surface area contributed by atoms with E-state index in [1.54, 1.807) is 12.1 Å². The van der Waals surface area contributed by atoms with Crippen LogP contribution in [0.1, 0.15) is 0 Å². The molecule has 1 N–H and O–H groups in total. The Morgan fingerprint density at radius 2 is 1.86 bits per heavy atom. The van der Waals surface area contributed by atoms with Crippen molar-refractivity contribution < 1.29 is 5.11 Å². The third-order valence-corrected chi connectivity index (χ3v) is 4.37. The molecule has 0 radical (unpaired) electrons. The molecule has 1 aromatic carbocycles. The number of nitrogens with zero attached hydrogens (tertiary/aromatic N) is 4. The Bertz CT molecular complexity index is 708. The first-order valence-electron chi connectivity index (χ1n) is 7.48. The van der Waals surface area contributed by atoms with Crippen molar-refractivity contribution in [3.8, 4) is 17.0 Å². The van der Waals surface area contributed by atoms with Gasteiger partial charge in [-0.1, -0.05) is 0 Å². The van der Waals surface area contributed by atoms with Crippen LogP contribution < -0.4 is 4.90 Å². The maximum Gasteiger partial charge on any atom is 0.151 e. The summed E-state index contributed by atoms with van der Waals surface area (Å²) in [4.78, 5) is 4.55. The maximum absolute atomic E-state index is 9.34. The summed E-state index contributed by atoms with van der Waals surface area (Å²) >= 11 is 0. The molecule has 3 heterocycles. The van der Waals surface area contributed by atoms with E-state index in [0.717, 1.165) is 36.7 Å². The molecular weight excluding hydrogens is 276 g/mol. The molecule has 4 rings (SSSR count). The minimum atomic E-state index is 0.259. The van der Waals surface area contributed by atoms with E-state index < -0.39 is 0 Å². The van der Waals surface area contributed by atoms with E-state index in [4.69, 9.17) is 0 Å². The van der Waals surface area contributed by atoms with E-state index in [2.05, 4.69) is 33.2 Å². The summed E-state index contributed by atoms with van der Waals surface area (Å²) in [6.07, 6.45) is 2.25. The van der Waals surface area contributed by atoms with Crippen LogP contribution in [0.5, 0.6) is 5.75 Å². The lowest BCUT2D eigenvalue weighted by Gasteiger charge is -2.18. The zero-order chi connectivity index (χ0) is 15.1. The second-order valence-electron chi connectivity index (χ2n) is 6.04. The molecule has 5 heteroatoms. The molecule has 2 aromatic rings. The molecule has 5 nitrogen and oxygen atoms in total. The van der Waals surface area contributed by atoms with E-state index in [-0.39, 0.29) is 5.75 Å². The molecule has 1 unspecified atom stereocenters. The van der Waals surface area contributed by atoms with Crippen molar-refractivity contribution in [2.24, 2.45) is 5.92 Å². The third-order valence-electron chi connectivity index (χ3n) is 4.37. The van der Waals surface area contributed by atoms with Crippen LogP contribution in [0, 0.1) is 5.92 Å². The summed E-state index contributed by atoms with van der Waals surface area (Å²) in [5.41, 5.74) is 3.27. The van der Waals surface area contributed by atoms with Gasteiger partial charge >= 0.3 is 0 Å².